The van der Waals surface area contributed by atoms with Crippen LogP contribution in [0.1, 0.15) is 25.8 Å². The second-order valence-corrected chi connectivity index (χ2v) is 4.28. The van der Waals surface area contributed by atoms with E-state index in [0.717, 1.165) is 0 Å². The molecule has 0 heterocycles. The number of amides is 2. The summed E-state index contributed by atoms with van der Waals surface area (Å²) < 4.78 is 0. The molecule has 0 bridgehead atoms. The van der Waals surface area contributed by atoms with Gasteiger partial charge in [0.1, 0.15) is 0 Å². The normalized spacial score (nSPS) is 13.2. The second kappa shape index (κ2) is 6.62. The predicted molar refractivity (Wildman–Crippen MR) is 69.1 cm³/mol. The number of nitrogens with one attached hydrogen (secondary N) is 2. The Bertz CT molecular complexity index is 452. The Kier molecular flexibility index (Phi) is 5.15. The number of carbonyl (C=O) groups excluding carboxylic acids is 1. The lowest BCUT2D eigenvalue weighted by Crippen LogP contribution is -2.37. The van der Waals surface area contributed by atoms with Gasteiger partial charge < -0.3 is 15.7 Å². The fraction of sp³-hybridized carbons (Fsp3) is 0.385. The molecule has 1 rings (SSSR count). The van der Waals surface area contributed by atoms with Crippen molar-refractivity contribution in [1.82, 2.24) is 5.32 Å². The third-order valence-electron chi connectivity index (χ3n) is 2.32. The van der Waals surface area contributed by atoms with Crippen LogP contribution in [0.5, 0.6) is 0 Å². The van der Waals surface area contributed by atoms with Gasteiger partial charge in [0.2, 0.25) is 0 Å². The minimum atomic E-state index is -0.456. The molecule has 0 aliphatic carbocycles. The van der Waals surface area contributed by atoms with Crippen LogP contribution in [0.4, 0.5) is 10.5 Å². The van der Waals surface area contributed by atoms with Crippen LogP contribution in [0, 0.1) is 11.3 Å². The Labute approximate surface area is 106 Å². The van der Waals surface area contributed by atoms with Gasteiger partial charge in [0, 0.05) is 11.7 Å². The van der Waals surface area contributed by atoms with E-state index < -0.39 is 6.10 Å². The van der Waals surface area contributed by atoms with Crippen molar-refractivity contribution in [1.29, 1.82) is 5.26 Å². The zero-order chi connectivity index (χ0) is 13.5. The van der Waals surface area contributed by atoms with E-state index >= 15 is 0 Å². The molecule has 0 aromatic heterocycles. The average Bonchev–Trinajstić information content (AvgIpc) is 2.27. The SMILES string of the molecule is CC(O)CC(C)NC(=O)Nc1cccc(C#N)c1. The molecule has 5 nitrogen and oxygen atoms in total. The third kappa shape index (κ3) is 4.85. The standard InChI is InChI=1S/C13H17N3O2/c1-9(6-10(2)17)15-13(18)16-12-5-3-4-11(7-12)8-14/h3-5,7,9-10,17H,6H2,1-2H3,(H2,15,16,18). The largest absolute Gasteiger partial charge is 0.393 e. The quantitative estimate of drug-likeness (QED) is 0.758. The zero-order valence-corrected chi connectivity index (χ0v) is 10.5. The maximum absolute atomic E-state index is 11.6. The van der Waals surface area contributed by atoms with Gasteiger partial charge in [0.25, 0.3) is 0 Å². The van der Waals surface area contributed by atoms with Gasteiger partial charge in [-0.3, -0.25) is 0 Å². The van der Waals surface area contributed by atoms with E-state index in [1.54, 1.807) is 31.2 Å². The molecule has 0 radical (unpaired) electrons. The van der Waals surface area contributed by atoms with Crippen LogP contribution >= 0.6 is 0 Å². The number of nitrogens with zero attached hydrogens (tertiary/aromatic N) is 1. The molecule has 2 atom stereocenters. The number of nitriles is 1. The number of anilines is 1. The molecule has 2 unspecified atom stereocenters. The summed E-state index contributed by atoms with van der Waals surface area (Å²) in [6.45, 7) is 3.49. The number of hydrogen-bond acceptors (Lipinski definition) is 3. The number of aliphatic hydroxyl groups is 1. The van der Waals surface area contributed by atoms with Crippen LogP contribution in [-0.4, -0.2) is 23.3 Å². The Morgan fingerprint density at radius 3 is 2.83 bits per heavy atom. The van der Waals surface area contributed by atoms with E-state index in [0.29, 0.717) is 17.7 Å². The summed E-state index contributed by atoms with van der Waals surface area (Å²) in [7, 11) is 0. The third-order valence-corrected chi connectivity index (χ3v) is 2.32. The summed E-state index contributed by atoms with van der Waals surface area (Å²) in [5.74, 6) is 0. The van der Waals surface area contributed by atoms with E-state index in [1.165, 1.54) is 0 Å². The highest BCUT2D eigenvalue weighted by molar-refractivity contribution is 5.89. The van der Waals surface area contributed by atoms with Crippen LogP contribution in [0.3, 0.4) is 0 Å². The van der Waals surface area contributed by atoms with Crippen molar-refractivity contribution >= 4 is 11.7 Å². The molecule has 0 spiro atoms. The molecule has 0 fully saturated rings. The van der Waals surface area contributed by atoms with Gasteiger partial charge in [-0.15, -0.1) is 0 Å². The summed E-state index contributed by atoms with van der Waals surface area (Å²) in [5.41, 5.74) is 1.06. The highest BCUT2D eigenvalue weighted by Crippen LogP contribution is 2.09. The number of aliphatic hydroxyl groups excluding tert-OH is 1. The van der Waals surface area contributed by atoms with E-state index in [4.69, 9.17) is 5.26 Å². The van der Waals surface area contributed by atoms with Gasteiger partial charge in [0.15, 0.2) is 0 Å². The average molecular weight is 247 g/mol. The lowest BCUT2D eigenvalue weighted by Gasteiger charge is -2.16. The van der Waals surface area contributed by atoms with E-state index in [9.17, 15) is 9.90 Å². The first-order chi connectivity index (χ1) is 8.51. The van der Waals surface area contributed by atoms with Crippen molar-refractivity contribution in [3.63, 3.8) is 0 Å². The smallest absolute Gasteiger partial charge is 0.319 e. The summed E-state index contributed by atoms with van der Waals surface area (Å²) in [5, 5.41) is 23.3. The Balaban J connectivity index is 2.52. The molecular weight excluding hydrogens is 230 g/mol. The summed E-state index contributed by atoms with van der Waals surface area (Å²) in [4.78, 5) is 11.6. The molecule has 96 valence electrons. The molecule has 0 saturated heterocycles. The first-order valence-corrected chi connectivity index (χ1v) is 5.77. The van der Waals surface area contributed by atoms with E-state index in [-0.39, 0.29) is 12.1 Å². The minimum absolute atomic E-state index is 0.121. The Morgan fingerprint density at radius 1 is 1.50 bits per heavy atom. The molecule has 3 N–H and O–H groups in total. The second-order valence-electron chi connectivity index (χ2n) is 4.28. The van der Waals surface area contributed by atoms with Crippen LogP contribution in [0.2, 0.25) is 0 Å². The molecule has 0 aliphatic rings. The fourth-order valence-corrected chi connectivity index (χ4v) is 1.63. The maximum atomic E-state index is 11.6. The number of carbonyl (C=O) groups is 1. The number of benzene rings is 1. The number of urea groups is 1. The summed E-state index contributed by atoms with van der Waals surface area (Å²) in [6.07, 6.45) is 0.0354. The molecule has 0 aliphatic heterocycles. The lowest BCUT2D eigenvalue weighted by molar-refractivity contribution is 0.171. The molecule has 2 amide bonds. The van der Waals surface area contributed by atoms with E-state index in [2.05, 4.69) is 10.6 Å². The lowest BCUT2D eigenvalue weighted by atomic mass is 10.1. The first-order valence-electron chi connectivity index (χ1n) is 5.77. The first kappa shape index (κ1) is 14.0. The maximum Gasteiger partial charge on any atom is 0.319 e. The predicted octanol–water partition coefficient (Wildman–Crippen LogP) is 1.84. The Morgan fingerprint density at radius 2 is 2.22 bits per heavy atom. The van der Waals surface area contributed by atoms with Gasteiger partial charge in [-0.05, 0) is 38.5 Å². The van der Waals surface area contributed by atoms with Gasteiger partial charge in [-0.25, -0.2) is 4.79 Å². The van der Waals surface area contributed by atoms with Crippen LogP contribution < -0.4 is 10.6 Å². The van der Waals surface area contributed by atoms with Crippen molar-refractivity contribution in [2.24, 2.45) is 0 Å². The summed E-state index contributed by atoms with van der Waals surface area (Å²) >= 11 is 0. The van der Waals surface area contributed by atoms with Crippen molar-refractivity contribution in [2.45, 2.75) is 32.4 Å². The molecule has 18 heavy (non-hydrogen) atoms. The zero-order valence-electron chi connectivity index (χ0n) is 10.5. The highest BCUT2D eigenvalue weighted by Gasteiger charge is 2.09. The topological polar surface area (TPSA) is 85.2 Å². The monoisotopic (exact) mass is 247 g/mol. The van der Waals surface area contributed by atoms with Gasteiger partial charge >= 0.3 is 6.03 Å². The Hall–Kier alpha value is -2.06. The number of hydrogen-bond donors (Lipinski definition) is 3. The van der Waals surface area contributed by atoms with Gasteiger partial charge in [-0.1, -0.05) is 6.07 Å². The van der Waals surface area contributed by atoms with Crippen molar-refractivity contribution in [2.75, 3.05) is 5.32 Å². The van der Waals surface area contributed by atoms with Gasteiger partial charge in [0.05, 0.1) is 17.7 Å². The molecule has 1 aromatic carbocycles. The molecular formula is C13H17N3O2. The van der Waals surface area contributed by atoms with Crippen LogP contribution in [-0.2, 0) is 0 Å². The van der Waals surface area contributed by atoms with Gasteiger partial charge in [-0.2, -0.15) is 5.26 Å². The van der Waals surface area contributed by atoms with Crippen molar-refractivity contribution < 1.29 is 9.90 Å². The van der Waals surface area contributed by atoms with Crippen molar-refractivity contribution in [3.05, 3.63) is 29.8 Å². The summed E-state index contributed by atoms with van der Waals surface area (Å²) in [6, 6.07) is 8.20. The molecule has 5 heteroatoms. The molecule has 1 aromatic rings. The molecule has 0 saturated carbocycles. The van der Waals surface area contributed by atoms with Crippen LogP contribution in [0.15, 0.2) is 24.3 Å². The highest BCUT2D eigenvalue weighted by atomic mass is 16.3. The number of rotatable bonds is 4. The fourth-order valence-electron chi connectivity index (χ4n) is 1.63. The van der Waals surface area contributed by atoms with E-state index in [1.807, 2.05) is 13.0 Å². The van der Waals surface area contributed by atoms with Crippen LogP contribution in [0.25, 0.3) is 0 Å². The minimum Gasteiger partial charge on any atom is -0.393 e. The van der Waals surface area contributed by atoms with Crippen molar-refractivity contribution in [3.8, 4) is 6.07 Å².